The van der Waals surface area contributed by atoms with Gasteiger partial charge in [0, 0.05) is 23.1 Å². The van der Waals surface area contributed by atoms with Gasteiger partial charge in [-0.15, -0.1) is 10.1 Å². The van der Waals surface area contributed by atoms with E-state index in [0.717, 1.165) is 36.1 Å². The Labute approximate surface area is 242 Å². The van der Waals surface area contributed by atoms with Crippen LogP contribution >= 0.6 is 34.8 Å². The molecule has 5 nitrogen and oxygen atoms in total. The van der Waals surface area contributed by atoms with Crippen LogP contribution in [-0.2, 0) is 9.63 Å². The van der Waals surface area contributed by atoms with Gasteiger partial charge in [-0.1, -0.05) is 83.3 Å². The summed E-state index contributed by atoms with van der Waals surface area (Å²) in [4.78, 5) is 20.2. The Bertz CT molecular complexity index is 1160. The number of hydrazone groups is 1. The average molecular weight is 580 g/mol. The lowest BCUT2D eigenvalue weighted by molar-refractivity contribution is -0.617. The molecule has 1 saturated heterocycles. The van der Waals surface area contributed by atoms with E-state index in [-0.39, 0.29) is 22.5 Å². The number of hydrazine groups is 1. The minimum absolute atomic E-state index is 0.166. The standard InChI is InChI=1S/C30H38Cl3N3O2/c1-27(2)20-23(35(34-26(37)30(31,32)33)25(27)22-16-11-8-12-17-22)24(21-14-9-7-10-15-21)38-36-28(3,4)18-13-19-29(36,5)6/h7-12,14-17,23-24H,13,18-20H2,1-6H3/p+1. The zero-order valence-corrected chi connectivity index (χ0v) is 25.4. The van der Waals surface area contributed by atoms with Crippen LogP contribution in [-0.4, -0.2) is 42.3 Å². The number of hydrogen-bond donors (Lipinski definition) is 1. The SMILES string of the molecule is CC1(C)CC(C(ON2C(C)(C)CCCC2(C)C)c2ccccc2)[N+](NC(=O)C(Cl)(Cl)Cl)=C1c1ccccc1. The third-order valence-corrected chi connectivity index (χ3v) is 8.35. The van der Waals surface area contributed by atoms with Gasteiger partial charge >= 0.3 is 5.91 Å². The molecule has 0 spiro atoms. The Kier molecular flexibility index (Phi) is 8.30. The molecule has 1 N–H and O–H groups in total. The largest absolute Gasteiger partial charge is 0.325 e. The molecule has 206 valence electrons. The minimum atomic E-state index is -2.11. The number of hydroxylamine groups is 2. The molecule has 2 aliphatic rings. The van der Waals surface area contributed by atoms with E-state index in [1.807, 2.05) is 53.2 Å². The second-order valence-electron chi connectivity index (χ2n) is 12.4. The van der Waals surface area contributed by atoms with Gasteiger partial charge in [0.1, 0.15) is 0 Å². The smallest absolute Gasteiger partial charge is 0.283 e. The van der Waals surface area contributed by atoms with Crippen LogP contribution < -0.4 is 5.43 Å². The van der Waals surface area contributed by atoms with Crippen molar-refractivity contribution in [1.29, 1.82) is 0 Å². The highest BCUT2D eigenvalue weighted by atomic mass is 35.6. The zero-order chi connectivity index (χ0) is 27.9. The Morgan fingerprint density at radius 1 is 0.947 bits per heavy atom. The van der Waals surface area contributed by atoms with Gasteiger partial charge in [-0.3, -0.25) is 9.63 Å². The quantitative estimate of drug-likeness (QED) is 0.286. The van der Waals surface area contributed by atoms with Crippen molar-refractivity contribution in [3.05, 3.63) is 71.8 Å². The summed E-state index contributed by atoms with van der Waals surface area (Å²) < 4.78 is -0.222. The highest BCUT2D eigenvalue weighted by Gasteiger charge is 2.55. The van der Waals surface area contributed by atoms with E-state index in [2.05, 4.69) is 64.2 Å². The third kappa shape index (κ3) is 6.08. The van der Waals surface area contributed by atoms with E-state index in [9.17, 15) is 4.79 Å². The Morgan fingerprint density at radius 3 is 2.00 bits per heavy atom. The third-order valence-electron chi connectivity index (χ3n) is 7.83. The number of halogens is 3. The van der Waals surface area contributed by atoms with Crippen molar-refractivity contribution in [2.75, 3.05) is 0 Å². The summed E-state index contributed by atoms with van der Waals surface area (Å²) in [5.41, 5.74) is 5.29. The summed E-state index contributed by atoms with van der Waals surface area (Å²) in [6.07, 6.45) is 3.52. The monoisotopic (exact) mass is 578 g/mol. The molecule has 2 aromatic rings. The number of alkyl halides is 3. The molecular formula is C30H39Cl3N3O2+. The number of carbonyl (C=O) groups excluding carboxylic acids is 1. The molecule has 1 amide bonds. The molecule has 8 heteroatoms. The number of nitrogens with one attached hydrogen (secondary N) is 1. The number of carbonyl (C=O) groups is 1. The second-order valence-corrected chi connectivity index (χ2v) is 14.7. The fourth-order valence-electron chi connectivity index (χ4n) is 6.25. The van der Waals surface area contributed by atoms with Gasteiger partial charge in [0.2, 0.25) is 11.8 Å². The molecule has 0 radical (unpaired) electrons. The van der Waals surface area contributed by atoms with Gasteiger partial charge in [-0.2, -0.15) is 5.06 Å². The lowest BCUT2D eigenvalue weighted by Crippen LogP contribution is -2.59. The maximum absolute atomic E-state index is 13.1. The van der Waals surface area contributed by atoms with E-state index in [0.29, 0.717) is 6.42 Å². The van der Waals surface area contributed by atoms with Crippen LogP contribution in [0, 0.1) is 5.41 Å². The molecule has 2 unspecified atom stereocenters. The van der Waals surface area contributed by atoms with Crippen LogP contribution in [0.1, 0.15) is 84.5 Å². The molecule has 0 saturated carbocycles. The van der Waals surface area contributed by atoms with E-state index in [1.165, 1.54) is 0 Å². The van der Waals surface area contributed by atoms with Gasteiger partial charge in [0.15, 0.2) is 6.10 Å². The molecule has 2 aliphatic heterocycles. The first-order chi connectivity index (χ1) is 17.6. The lowest BCUT2D eigenvalue weighted by Gasteiger charge is -2.52. The summed E-state index contributed by atoms with van der Waals surface area (Å²) >= 11 is 18.1. The normalized spacial score (nSPS) is 23.8. The van der Waals surface area contributed by atoms with Crippen LogP contribution in [0.2, 0.25) is 0 Å². The van der Waals surface area contributed by atoms with Gasteiger partial charge in [-0.05, 0) is 78.5 Å². The van der Waals surface area contributed by atoms with E-state index in [1.54, 1.807) is 0 Å². The molecule has 0 aromatic heterocycles. The highest BCUT2D eigenvalue weighted by Crippen LogP contribution is 2.45. The van der Waals surface area contributed by atoms with Gasteiger partial charge in [0.25, 0.3) is 3.79 Å². The maximum Gasteiger partial charge on any atom is 0.325 e. The van der Waals surface area contributed by atoms with Crippen molar-refractivity contribution in [3.8, 4) is 0 Å². The van der Waals surface area contributed by atoms with Crippen molar-refractivity contribution < 1.29 is 14.3 Å². The number of piperidine rings is 1. The van der Waals surface area contributed by atoms with Crippen molar-refractivity contribution >= 4 is 46.4 Å². The maximum atomic E-state index is 13.1. The van der Waals surface area contributed by atoms with Crippen LogP contribution in [0.5, 0.6) is 0 Å². The summed E-state index contributed by atoms with van der Waals surface area (Å²) in [6, 6.07) is 20.0. The molecule has 4 rings (SSSR count). The summed E-state index contributed by atoms with van der Waals surface area (Å²) in [5, 5.41) is 2.18. The van der Waals surface area contributed by atoms with Gasteiger partial charge in [0.05, 0.1) is 5.41 Å². The van der Waals surface area contributed by atoms with E-state index >= 15 is 0 Å². The number of rotatable bonds is 6. The first-order valence-corrected chi connectivity index (χ1v) is 14.4. The molecule has 2 heterocycles. The molecule has 2 aromatic carbocycles. The van der Waals surface area contributed by atoms with Gasteiger partial charge in [-0.25, -0.2) is 0 Å². The van der Waals surface area contributed by atoms with Crippen molar-refractivity contribution in [1.82, 2.24) is 10.5 Å². The predicted molar refractivity (Wildman–Crippen MR) is 156 cm³/mol. The fourth-order valence-corrected chi connectivity index (χ4v) is 6.38. The van der Waals surface area contributed by atoms with Crippen LogP contribution in [0.4, 0.5) is 0 Å². The number of hydrogen-bond acceptors (Lipinski definition) is 3. The van der Waals surface area contributed by atoms with Crippen molar-refractivity contribution in [3.63, 3.8) is 0 Å². The van der Waals surface area contributed by atoms with Gasteiger partial charge < -0.3 is 0 Å². The van der Waals surface area contributed by atoms with Crippen molar-refractivity contribution in [2.24, 2.45) is 5.41 Å². The zero-order valence-electron chi connectivity index (χ0n) is 23.1. The van der Waals surface area contributed by atoms with E-state index in [4.69, 9.17) is 39.6 Å². The molecule has 0 aliphatic carbocycles. The summed E-state index contributed by atoms with van der Waals surface area (Å²) in [6.45, 7) is 13.3. The molecule has 1 fully saturated rings. The van der Waals surface area contributed by atoms with Crippen molar-refractivity contribution in [2.45, 2.75) is 94.2 Å². The molecular weight excluding hydrogens is 541 g/mol. The van der Waals surface area contributed by atoms with E-state index < -0.39 is 15.8 Å². The number of nitrogens with zero attached hydrogens (tertiary/aromatic N) is 2. The second kappa shape index (κ2) is 10.7. The first-order valence-electron chi connectivity index (χ1n) is 13.3. The average Bonchev–Trinajstić information content (AvgIpc) is 3.08. The Morgan fingerprint density at radius 2 is 1.47 bits per heavy atom. The van der Waals surface area contributed by atoms with Crippen LogP contribution in [0.15, 0.2) is 60.7 Å². The highest BCUT2D eigenvalue weighted by molar-refractivity contribution is 6.76. The topological polar surface area (TPSA) is 44.6 Å². The fraction of sp³-hybridized carbons (Fsp3) is 0.533. The molecule has 2 atom stereocenters. The summed E-state index contributed by atoms with van der Waals surface area (Å²) in [5.74, 6) is -0.705. The van der Waals surface area contributed by atoms with Crippen LogP contribution in [0.3, 0.4) is 0 Å². The summed E-state index contributed by atoms with van der Waals surface area (Å²) in [7, 11) is 0. The number of amides is 1. The minimum Gasteiger partial charge on any atom is -0.283 e. The number of benzene rings is 2. The predicted octanol–water partition coefficient (Wildman–Crippen LogP) is 7.40. The van der Waals surface area contributed by atoms with Crippen LogP contribution in [0.25, 0.3) is 0 Å². The Balaban J connectivity index is 1.88. The molecule has 0 bridgehead atoms. The Hall–Kier alpha value is -1.63. The first kappa shape index (κ1) is 29.4. The molecule has 38 heavy (non-hydrogen) atoms. The lowest BCUT2D eigenvalue weighted by atomic mass is 9.80.